The minimum absolute atomic E-state index is 0.354. The number of ether oxygens (including phenoxy) is 3. The van der Waals surface area contributed by atoms with Gasteiger partial charge in [-0.3, -0.25) is 14.4 Å². The molecule has 558 valence electrons. The lowest BCUT2D eigenvalue weighted by molar-refractivity contribution is -0.205. The predicted octanol–water partition coefficient (Wildman–Crippen LogP) is 0.871. The van der Waals surface area contributed by atoms with Gasteiger partial charge < -0.3 is 107 Å². The van der Waals surface area contributed by atoms with Crippen LogP contribution in [0.4, 0.5) is 0 Å². The number of amides is 3. The Labute approximate surface area is 594 Å². The Morgan fingerprint density at radius 2 is 0.691 bits per heavy atom. The van der Waals surface area contributed by atoms with Gasteiger partial charge in [0.05, 0.1) is 64.3 Å². The van der Waals surface area contributed by atoms with E-state index in [4.69, 9.17) is 14.2 Å². The minimum Gasteiger partial charge on any atom is -0.478 e. The standard InChI is InChI=1S/C63H107N3O24S6Si/c1-39(70)64-49-43(73)33-61(58(82)83,88-55(49)52(79)46(76)36-67)94-27-13-5-10-21-91-24-16-30-97(42-19-8-4-9-20-42,31-17-25-92-22-11-6-14-28-95-62(59(84)85)34-44(74)50(65-40(2)71)56(89-62)53(80)47(77)37-68)32-18-26-93-23-12-7-15-29-96-63(60(86)87)35-45(75)51(66-41(3)72)57(90-63)54(81)48(78)38-69/h4,8-9,19-20,43-57,67-69,73-81H,5-7,10-18,21-38H2,1-3H3,(H,64,70)(H,65,71)(H,66,72)(H,82,83)(H,84,85)(H,86,87)/t43-,44-,45-,46-,47-,48-,49+,50+,51+,52-,53-,54-,55+,56+,57+,61-,62-,63-/m1/s1. The van der Waals surface area contributed by atoms with Crippen molar-refractivity contribution >= 4 is 119 Å². The average molecular weight is 1510 g/mol. The highest BCUT2D eigenvalue weighted by atomic mass is 32.2. The molecule has 97 heavy (non-hydrogen) atoms. The van der Waals surface area contributed by atoms with Crippen LogP contribution < -0.4 is 21.1 Å². The molecule has 3 aliphatic rings. The number of hydrogen-bond donors (Lipinski definition) is 18. The Morgan fingerprint density at radius 3 is 0.938 bits per heavy atom. The maximum Gasteiger partial charge on any atom is 0.346 e. The summed E-state index contributed by atoms with van der Waals surface area (Å²) in [5, 5.41) is 164. The maximum absolute atomic E-state index is 12.7. The molecule has 0 unspecified atom stereocenters. The summed E-state index contributed by atoms with van der Waals surface area (Å²) >= 11 is 8.55. The number of carbonyl (C=O) groups is 6. The zero-order valence-corrected chi connectivity index (χ0v) is 61.5. The van der Waals surface area contributed by atoms with Gasteiger partial charge in [-0.25, -0.2) is 14.4 Å². The van der Waals surface area contributed by atoms with Crippen molar-refractivity contribution in [3.63, 3.8) is 0 Å². The number of thioether (sulfide) groups is 6. The lowest BCUT2D eigenvalue weighted by Crippen LogP contribution is -2.66. The fourth-order valence-electron chi connectivity index (χ4n) is 12.4. The predicted molar refractivity (Wildman–Crippen MR) is 379 cm³/mol. The first-order valence-corrected chi connectivity index (χ1v) is 42.3. The molecule has 34 heteroatoms. The number of aliphatic hydroxyl groups excluding tert-OH is 12. The summed E-state index contributed by atoms with van der Waals surface area (Å²) in [7, 11) is -2.11. The number of nitrogens with one attached hydrogen (secondary N) is 3. The fourth-order valence-corrected chi connectivity index (χ4v) is 25.0. The van der Waals surface area contributed by atoms with Crippen LogP contribution in [-0.2, 0) is 43.0 Å². The quantitative estimate of drug-likeness (QED) is 0.0318. The molecule has 18 N–H and O–H groups in total. The largest absolute Gasteiger partial charge is 0.478 e. The maximum atomic E-state index is 12.7. The second-order valence-electron chi connectivity index (χ2n) is 25.2. The van der Waals surface area contributed by atoms with Gasteiger partial charge in [0.15, 0.2) is 0 Å². The van der Waals surface area contributed by atoms with Crippen molar-refractivity contribution in [3.8, 4) is 0 Å². The molecule has 0 radical (unpaired) electrons. The summed E-state index contributed by atoms with van der Waals surface area (Å²) in [6.45, 7) is 0.984. The van der Waals surface area contributed by atoms with Crippen molar-refractivity contribution in [2.24, 2.45) is 0 Å². The first-order valence-electron chi connectivity index (χ1n) is 33.3. The van der Waals surface area contributed by atoms with Crippen molar-refractivity contribution in [2.45, 2.75) is 241 Å². The smallest absolute Gasteiger partial charge is 0.346 e. The van der Waals surface area contributed by atoms with E-state index in [1.165, 1.54) is 26.0 Å². The highest BCUT2D eigenvalue weighted by molar-refractivity contribution is 8.01. The molecule has 0 aliphatic carbocycles. The third-order valence-electron chi connectivity index (χ3n) is 17.6. The van der Waals surface area contributed by atoms with E-state index < -0.39 is 170 Å². The first kappa shape index (κ1) is 87.2. The van der Waals surface area contributed by atoms with E-state index in [-0.39, 0.29) is 19.3 Å². The zero-order valence-electron chi connectivity index (χ0n) is 55.6. The van der Waals surface area contributed by atoms with Crippen LogP contribution >= 0.6 is 70.6 Å². The topological polar surface area (TPSA) is 470 Å². The Hall–Kier alpha value is -2.24. The molecule has 0 bridgehead atoms. The molecule has 3 saturated heterocycles. The second kappa shape index (κ2) is 44.4. The highest BCUT2D eigenvalue weighted by Gasteiger charge is 2.58. The van der Waals surface area contributed by atoms with Gasteiger partial charge in [0.1, 0.15) is 54.9 Å². The van der Waals surface area contributed by atoms with Crippen molar-refractivity contribution in [1.82, 2.24) is 16.0 Å². The van der Waals surface area contributed by atoms with Crippen LogP contribution in [0.15, 0.2) is 30.3 Å². The molecule has 0 saturated carbocycles. The van der Waals surface area contributed by atoms with Crippen molar-refractivity contribution < 1.29 is 120 Å². The summed E-state index contributed by atoms with van der Waals surface area (Å²) in [6, 6.07) is 10.4. The molecule has 3 heterocycles. The highest BCUT2D eigenvalue weighted by Crippen LogP contribution is 2.44. The lowest BCUT2D eigenvalue weighted by Gasteiger charge is -2.46. The van der Waals surface area contributed by atoms with Gasteiger partial charge in [-0.15, -0.1) is 35.3 Å². The summed E-state index contributed by atoms with van der Waals surface area (Å²) in [6.07, 6.45) is -10.7. The van der Waals surface area contributed by atoms with Crippen LogP contribution in [-0.4, -0.2) is 298 Å². The van der Waals surface area contributed by atoms with Crippen LogP contribution in [0.5, 0.6) is 0 Å². The SMILES string of the molecule is CC(=O)N[C@@H]1[C@@H]([C@H](O)[C@H](O)CO)O[C@](SCCCCCSCCC[Si](CCCSCCCCCS[C@@]2(C(=O)O)C[C@@H](O)[C@H](NC(C)=O)[C@@H]([C@H](O)[C@H](O)CO)O2)(CCCSCCCCCS[C@@]2(C(=O)O)C[C@@H](O)[C@H](NC(C)=O)[C@@H]([C@H](O)[C@H](O)CO)O2)c2ccccc2)(C(=O)O)C[C@H]1O. The molecule has 3 aliphatic heterocycles. The van der Waals surface area contributed by atoms with E-state index in [1.807, 2.05) is 41.4 Å². The number of carbonyl (C=O) groups excluding carboxylic acids is 3. The number of carboxylic acids is 3. The molecule has 4 rings (SSSR count). The number of benzene rings is 1. The number of hydrogen-bond acceptors (Lipinski definition) is 27. The molecular formula is C63H107N3O24S6Si. The molecule has 0 spiro atoms. The first-order chi connectivity index (χ1) is 46.1. The van der Waals surface area contributed by atoms with E-state index in [0.29, 0.717) is 36.5 Å². The van der Waals surface area contributed by atoms with E-state index in [2.05, 4.69) is 40.2 Å². The number of rotatable bonds is 49. The summed E-state index contributed by atoms with van der Waals surface area (Å²) < 4.78 is 17.8. The van der Waals surface area contributed by atoms with E-state index in [1.54, 1.807) is 0 Å². The Bertz CT molecular complexity index is 2290. The van der Waals surface area contributed by atoms with Gasteiger partial charge in [-0.1, -0.05) is 72.9 Å². The van der Waals surface area contributed by atoms with Crippen LogP contribution in [0.1, 0.15) is 117 Å². The summed E-state index contributed by atoms with van der Waals surface area (Å²) in [5.41, 5.74) is 0. The van der Waals surface area contributed by atoms with Crippen LogP contribution in [0.3, 0.4) is 0 Å². The van der Waals surface area contributed by atoms with E-state index >= 15 is 0 Å². The third-order valence-corrected chi connectivity index (χ3v) is 30.7. The monoisotopic (exact) mass is 1510 g/mol. The molecule has 1 aromatic rings. The second-order valence-corrected chi connectivity index (χ2v) is 37.5. The van der Waals surface area contributed by atoms with Gasteiger partial charge in [0, 0.05) is 40.0 Å². The van der Waals surface area contributed by atoms with Crippen LogP contribution in [0.25, 0.3) is 0 Å². The van der Waals surface area contributed by atoms with Crippen LogP contribution in [0.2, 0.25) is 18.1 Å². The van der Waals surface area contributed by atoms with Gasteiger partial charge >= 0.3 is 17.9 Å². The third kappa shape index (κ3) is 27.1. The molecular weight excluding hydrogens is 1400 g/mol. The van der Waals surface area contributed by atoms with Gasteiger partial charge in [-0.05, 0) is 110 Å². The Morgan fingerprint density at radius 1 is 0.433 bits per heavy atom. The Balaban J connectivity index is 1.33. The van der Waals surface area contributed by atoms with Crippen molar-refractivity contribution in [3.05, 3.63) is 30.3 Å². The van der Waals surface area contributed by atoms with Crippen molar-refractivity contribution in [1.29, 1.82) is 0 Å². The number of aliphatic hydroxyl groups is 12. The van der Waals surface area contributed by atoms with Crippen LogP contribution in [0, 0.1) is 0 Å². The molecule has 0 aromatic heterocycles. The normalized spacial score (nSPS) is 28.0. The zero-order chi connectivity index (χ0) is 71.9. The lowest BCUT2D eigenvalue weighted by atomic mass is 9.90. The average Bonchev–Trinajstić information content (AvgIpc) is 0.788. The van der Waals surface area contributed by atoms with Gasteiger partial charge in [0.2, 0.25) is 32.5 Å². The molecule has 3 fully saturated rings. The van der Waals surface area contributed by atoms with Crippen molar-refractivity contribution in [2.75, 3.05) is 71.6 Å². The number of aliphatic carboxylic acids is 3. The van der Waals surface area contributed by atoms with Gasteiger partial charge in [0.25, 0.3) is 0 Å². The Kier molecular flexibility index (Phi) is 39.9. The number of unbranched alkanes of at least 4 members (excludes halogenated alkanes) is 6. The van der Waals surface area contributed by atoms with E-state index in [0.717, 1.165) is 146 Å². The van der Waals surface area contributed by atoms with E-state index in [9.17, 15) is 105 Å². The molecule has 27 nitrogen and oxygen atoms in total. The number of carboxylic acid groups (broad SMARTS) is 3. The molecule has 1 aromatic carbocycles. The van der Waals surface area contributed by atoms with Gasteiger partial charge in [-0.2, -0.15) is 35.3 Å². The molecule has 18 atom stereocenters. The summed E-state index contributed by atoms with van der Waals surface area (Å²) in [5.74, 6) is 0.734. The minimum atomic E-state index is -2.11. The molecule has 3 amide bonds. The fraction of sp³-hybridized carbons (Fsp3) is 0.810. The summed E-state index contributed by atoms with van der Waals surface area (Å²) in [4.78, 5) is 68.0.